The summed E-state index contributed by atoms with van der Waals surface area (Å²) in [7, 11) is 3.26. The molecule has 0 aromatic heterocycles. The molecule has 0 spiro atoms. The van der Waals surface area contributed by atoms with Crippen LogP contribution in [-0.4, -0.2) is 49.8 Å². The maximum atomic E-state index is 12.0. The van der Waals surface area contributed by atoms with Gasteiger partial charge in [0.2, 0.25) is 0 Å². The van der Waals surface area contributed by atoms with Gasteiger partial charge in [0.05, 0.1) is 12.1 Å². The van der Waals surface area contributed by atoms with Crippen LogP contribution in [0, 0.1) is 5.92 Å². The van der Waals surface area contributed by atoms with Crippen LogP contribution in [0.1, 0.15) is 27.7 Å². The number of carbonyl (C=O) groups excluding carboxylic acids is 1. The van der Waals surface area contributed by atoms with Gasteiger partial charge < -0.3 is 25.4 Å². The third-order valence-electron chi connectivity index (χ3n) is 3.29. The fourth-order valence-corrected chi connectivity index (χ4v) is 2.38. The Morgan fingerprint density at radius 3 is 2.56 bits per heavy atom. The van der Waals surface area contributed by atoms with E-state index >= 15 is 0 Å². The van der Waals surface area contributed by atoms with Crippen LogP contribution in [0.3, 0.4) is 0 Å². The average molecular weight is 513 g/mol. The van der Waals surface area contributed by atoms with Gasteiger partial charge in [0.1, 0.15) is 11.4 Å². The van der Waals surface area contributed by atoms with E-state index in [1.807, 2.05) is 27.7 Å². The number of hydrogen-bond donors (Lipinski definition) is 2. The number of amides is 1. The van der Waals surface area contributed by atoms with Crippen LogP contribution in [-0.2, 0) is 4.74 Å². The van der Waals surface area contributed by atoms with Crippen molar-refractivity contribution in [3.63, 3.8) is 0 Å². The highest BCUT2D eigenvalue weighted by atomic mass is 127. The molecule has 3 N–H and O–H groups in total. The first-order valence-electron chi connectivity index (χ1n) is 8.36. The number of aliphatic imine (C=N–C) groups is 1. The lowest BCUT2D eigenvalue weighted by Crippen LogP contribution is -2.37. The fraction of sp³-hybridized carbons (Fsp3) is 0.556. The molecule has 9 heteroatoms. The first-order valence-corrected chi connectivity index (χ1v) is 8.74. The Morgan fingerprint density at radius 1 is 1.41 bits per heavy atom. The molecule has 0 fully saturated rings. The Hall–Kier alpha value is -1.42. The number of rotatable bonds is 6. The molecule has 0 heterocycles. The lowest BCUT2D eigenvalue weighted by molar-refractivity contribution is 0.0279. The predicted octanol–water partition coefficient (Wildman–Crippen LogP) is 4.20. The van der Waals surface area contributed by atoms with E-state index in [9.17, 15) is 4.79 Å². The molecular formula is C18H30ClIN4O3. The standard InChI is InChI=1S/C18H29ClN4O3.HI/c1-12(11-23(5)17(24)26-18(2,3)4)10-21-16(20)22-13-7-8-15(25-6)14(19)9-13;/h7-9,12H,10-11H2,1-6H3,(H3,20,21,22);1H. The van der Waals surface area contributed by atoms with Crippen molar-refractivity contribution >= 4 is 53.3 Å². The van der Waals surface area contributed by atoms with Gasteiger partial charge in [0, 0.05) is 25.8 Å². The Kier molecular flexibility index (Phi) is 10.8. The number of nitrogens with two attached hydrogens (primary N) is 1. The topological polar surface area (TPSA) is 89.2 Å². The number of nitrogens with zero attached hydrogens (tertiary/aromatic N) is 2. The number of halogens is 2. The highest BCUT2D eigenvalue weighted by Gasteiger charge is 2.20. The van der Waals surface area contributed by atoms with Gasteiger partial charge in [-0.1, -0.05) is 18.5 Å². The molecule has 1 unspecified atom stereocenters. The molecule has 0 saturated carbocycles. The normalized spacial score (nSPS) is 12.6. The van der Waals surface area contributed by atoms with Gasteiger partial charge >= 0.3 is 6.09 Å². The van der Waals surface area contributed by atoms with E-state index in [1.54, 1.807) is 32.4 Å². The van der Waals surface area contributed by atoms with Crippen molar-refractivity contribution in [3.05, 3.63) is 23.2 Å². The SMILES string of the molecule is COc1ccc(NC(N)=NCC(C)CN(C)C(=O)OC(C)(C)C)cc1Cl.I. The summed E-state index contributed by atoms with van der Waals surface area (Å²) in [6, 6.07) is 5.26. The van der Waals surface area contributed by atoms with Crippen molar-refractivity contribution in [2.75, 3.05) is 32.6 Å². The van der Waals surface area contributed by atoms with E-state index in [1.165, 1.54) is 4.90 Å². The monoisotopic (exact) mass is 512 g/mol. The van der Waals surface area contributed by atoms with Crippen molar-refractivity contribution in [3.8, 4) is 5.75 Å². The number of anilines is 1. The number of nitrogens with one attached hydrogen (secondary N) is 1. The maximum absolute atomic E-state index is 12.0. The van der Waals surface area contributed by atoms with E-state index in [-0.39, 0.29) is 41.9 Å². The number of hydrogen-bond acceptors (Lipinski definition) is 4. The summed E-state index contributed by atoms with van der Waals surface area (Å²) in [6.07, 6.45) is -0.354. The molecule has 0 aliphatic rings. The molecule has 1 rings (SSSR count). The second-order valence-corrected chi connectivity index (χ2v) is 7.57. The molecule has 0 aliphatic carbocycles. The Morgan fingerprint density at radius 2 is 2.04 bits per heavy atom. The third kappa shape index (κ3) is 9.90. The Labute approximate surface area is 183 Å². The van der Waals surface area contributed by atoms with Crippen LogP contribution in [0.5, 0.6) is 5.75 Å². The van der Waals surface area contributed by atoms with Crippen LogP contribution in [0.25, 0.3) is 0 Å². The van der Waals surface area contributed by atoms with Crippen molar-refractivity contribution < 1.29 is 14.3 Å². The largest absolute Gasteiger partial charge is 0.495 e. The number of ether oxygens (including phenoxy) is 2. The van der Waals surface area contributed by atoms with Gasteiger partial charge in [-0.15, -0.1) is 24.0 Å². The summed E-state index contributed by atoms with van der Waals surface area (Å²) >= 11 is 6.08. The van der Waals surface area contributed by atoms with Gasteiger partial charge in [-0.2, -0.15) is 0 Å². The second-order valence-electron chi connectivity index (χ2n) is 7.17. The molecule has 1 amide bonds. The van der Waals surface area contributed by atoms with Crippen molar-refractivity contribution in [1.82, 2.24) is 4.90 Å². The van der Waals surface area contributed by atoms with E-state index in [0.29, 0.717) is 23.9 Å². The van der Waals surface area contributed by atoms with Gasteiger partial charge in [-0.25, -0.2) is 4.79 Å². The zero-order chi connectivity index (χ0) is 19.9. The minimum Gasteiger partial charge on any atom is -0.495 e. The number of guanidine groups is 1. The molecule has 154 valence electrons. The van der Waals surface area contributed by atoms with Gasteiger partial charge in [-0.3, -0.25) is 4.99 Å². The maximum Gasteiger partial charge on any atom is 0.410 e. The van der Waals surface area contributed by atoms with Gasteiger partial charge in [0.15, 0.2) is 5.96 Å². The first-order chi connectivity index (χ1) is 12.0. The van der Waals surface area contributed by atoms with E-state index in [0.717, 1.165) is 5.69 Å². The molecule has 0 saturated heterocycles. The van der Waals surface area contributed by atoms with Crippen molar-refractivity contribution in [2.24, 2.45) is 16.6 Å². The highest BCUT2D eigenvalue weighted by Crippen LogP contribution is 2.27. The van der Waals surface area contributed by atoms with Crippen LogP contribution in [0.2, 0.25) is 5.02 Å². The lowest BCUT2D eigenvalue weighted by Gasteiger charge is -2.26. The van der Waals surface area contributed by atoms with Gasteiger partial charge in [-0.05, 0) is 44.9 Å². The summed E-state index contributed by atoms with van der Waals surface area (Å²) in [5, 5.41) is 3.46. The summed E-state index contributed by atoms with van der Waals surface area (Å²) < 4.78 is 10.4. The van der Waals surface area contributed by atoms with E-state index < -0.39 is 5.60 Å². The Balaban J connectivity index is 0.00000676. The zero-order valence-corrected chi connectivity index (χ0v) is 19.8. The molecule has 1 aromatic rings. The molecule has 0 radical (unpaired) electrons. The van der Waals surface area contributed by atoms with E-state index in [4.69, 9.17) is 26.8 Å². The summed E-state index contributed by atoms with van der Waals surface area (Å²) in [5.41, 5.74) is 6.11. The molecule has 0 aliphatic heterocycles. The first kappa shape index (κ1) is 25.6. The summed E-state index contributed by atoms with van der Waals surface area (Å²) in [6.45, 7) is 8.48. The third-order valence-corrected chi connectivity index (χ3v) is 3.58. The lowest BCUT2D eigenvalue weighted by atomic mass is 10.2. The highest BCUT2D eigenvalue weighted by molar-refractivity contribution is 14.0. The minimum absolute atomic E-state index is 0. The van der Waals surface area contributed by atoms with Crippen LogP contribution >= 0.6 is 35.6 Å². The quantitative estimate of drug-likeness (QED) is 0.339. The molecular weight excluding hydrogens is 483 g/mol. The molecule has 27 heavy (non-hydrogen) atoms. The van der Waals surface area contributed by atoms with Gasteiger partial charge in [0.25, 0.3) is 0 Å². The van der Waals surface area contributed by atoms with Crippen LogP contribution in [0.15, 0.2) is 23.2 Å². The van der Waals surface area contributed by atoms with Crippen LogP contribution < -0.4 is 15.8 Å². The molecule has 1 aromatic carbocycles. The predicted molar refractivity (Wildman–Crippen MR) is 122 cm³/mol. The summed E-state index contributed by atoms with van der Waals surface area (Å²) in [5.74, 6) is 0.983. The number of methoxy groups -OCH3 is 1. The number of carbonyl (C=O) groups is 1. The fourth-order valence-electron chi connectivity index (χ4n) is 2.13. The Bertz CT molecular complexity index is 650. The molecule has 7 nitrogen and oxygen atoms in total. The minimum atomic E-state index is -0.513. The molecule has 0 bridgehead atoms. The number of benzene rings is 1. The van der Waals surface area contributed by atoms with E-state index in [2.05, 4.69) is 10.3 Å². The zero-order valence-electron chi connectivity index (χ0n) is 16.7. The van der Waals surface area contributed by atoms with Crippen molar-refractivity contribution in [2.45, 2.75) is 33.3 Å². The second kappa shape index (κ2) is 11.4. The summed E-state index contributed by atoms with van der Waals surface area (Å²) in [4.78, 5) is 17.8. The van der Waals surface area contributed by atoms with Crippen molar-refractivity contribution in [1.29, 1.82) is 0 Å². The average Bonchev–Trinajstić information content (AvgIpc) is 2.51. The smallest absolute Gasteiger partial charge is 0.410 e. The molecule has 1 atom stereocenters. The van der Waals surface area contributed by atoms with Crippen LogP contribution in [0.4, 0.5) is 10.5 Å².